The number of anilines is 1. The number of methoxy groups -OCH3 is 2. The van der Waals surface area contributed by atoms with Gasteiger partial charge in [-0.05, 0) is 31.4 Å². The molecule has 1 aromatic carbocycles. The summed E-state index contributed by atoms with van der Waals surface area (Å²) >= 11 is 1.47. The highest BCUT2D eigenvalue weighted by molar-refractivity contribution is 7.20. The third-order valence-corrected chi connectivity index (χ3v) is 6.04. The van der Waals surface area contributed by atoms with Gasteiger partial charge in [-0.3, -0.25) is 4.79 Å². The molecule has 1 aliphatic heterocycles. The van der Waals surface area contributed by atoms with E-state index in [1.54, 1.807) is 20.3 Å². The second-order valence-corrected chi connectivity index (χ2v) is 7.81. The lowest BCUT2D eigenvalue weighted by Crippen LogP contribution is -2.23. The van der Waals surface area contributed by atoms with Crippen molar-refractivity contribution in [3.05, 3.63) is 45.9 Å². The summed E-state index contributed by atoms with van der Waals surface area (Å²) < 4.78 is 12.4. The Labute approximate surface area is 167 Å². The summed E-state index contributed by atoms with van der Waals surface area (Å²) in [6, 6.07) is 7.65. The number of aromatic nitrogens is 3. The fourth-order valence-electron chi connectivity index (χ4n) is 3.76. The predicted molar refractivity (Wildman–Crippen MR) is 110 cm³/mol. The van der Waals surface area contributed by atoms with E-state index in [0.717, 1.165) is 60.1 Å². The molecule has 3 heterocycles. The van der Waals surface area contributed by atoms with E-state index in [1.807, 2.05) is 12.1 Å². The average Bonchev–Trinajstić information content (AvgIpc) is 3.34. The normalized spacial score (nSPS) is 16.7. The third-order valence-electron chi connectivity index (χ3n) is 5.09. The Hall–Kier alpha value is -2.61. The van der Waals surface area contributed by atoms with Gasteiger partial charge in [0.25, 0.3) is 5.56 Å². The van der Waals surface area contributed by atoms with Gasteiger partial charge in [-0.15, -0.1) is 5.10 Å². The second-order valence-electron chi connectivity index (χ2n) is 6.87. The number of ether oxygens (including phenoxy) is 2. The van der Waals surface area contributed by atoms with Gasteiger partial charge in [0.15, 0.2) is 0 Å². The minimum atomic E-state index is -0.117. The van der Waals surface area contributed by atoms with E-state index in [0.29, 0.717) is 4.96 Å². The molecule has 1 saturated heterocycles. The first-order chi connectivity index (χ1) is 13.6. The summed E-state index contributed by atoms with van der Waals surface area (Å²) in [7, 11) is 3.32. The summed E-state index contributed by atoms with van der Waals surface area (Å²) in [6.45, 7) is 2.97. The number of hydrogen-bond acceptors (Lipinski definition) is 7. The molecule has 0 bridgehead atoms. The van der Waals surface area contributed by atoms with Crippen LogP contribution in [-0.4, -0.2) is 35.4 Å². The van der Waals surface area contributed by atoms with E-state index in [9.17, 15) is 4.79 Å². The minimum Gasteiger partial charge on any atom is -0.497 e. The van der Waals surface area contributed by atoms with Crippen LogP contribution in [0, 0.1) is 0 Å². The monoisotopic (exact) mass is 400 g/mol. The molecule has 3 aromatic rings. The van der Waals surface area contributed by atoms with Crippen molar-refractivity contribution < 1.29 is 9.47 Å². The third kappa shape index (κ3) is 3.32. The van der Waals surface area contributed by atoms with Crippen molar-refractivity contribution in [2.45, 2.75) is 38.6 Å². The summed E-state index contributed by atoms with van der Waals surface area (Å²) in [4.78, 5) is 20.0. The lowest BCUT2D eigenvalue weighted by Gasteiger charge is -2.25. The summed E-state index contributed by atoms with van der Waals surface area (Å²) in [5.74, 6) is 1.57. The zero-order valence-electron chi connectivity index (χ0n) is 16.3. The van der Waals surface area contributed by atoms with Gasteiger partial charge in [0.2, 0.25) is 10.1 Å². The Morgan fingerprint density at radius 1 is 1.25 bits per heavy atom. The van der Waals surface area contributed by atoms with Crippen LogP contribution in [0.2, 0.25) is 0 Å². The van der Waals surface area contributed by atoms with Crippen LogP contribution >= 0.6 is 11.3 Å². The molecule has 1 fully saturated rings. The van der Waals surface area contributed by atoms with Crippen LogP contribution in [-0.2, 0) is 6.42 Å². The van der Waals surface area contributed by atoms with E-state index in [-0.39, 0.29) is 11.6 Å². The lowest BCUT2D eigenvalue weighted by molar-refractivity contribution is 0.388. The van der Waals surface area contributed by atoms with E-state index in [1.165, 1.54) is 15.9 Å². The van der Waals surface area contributed by atoms with Crippen molar-refractivity contribution >= 4 is 21.4 Å². The zero-order chi connectivity index (χ0) is 19.7. The van der Waals surface area contributed by atoms with Crippen LogP contribution < -0.4 is 19.9 Å². The Morgan fingerprint density at radius 3 is 2.86 bits per heavy atom. The molecule has 148 valence electrons. The zero-order valence-corrected chi connectivity index (χ0v) is 17.2. The number of benzene rings is 1. The Morgan fingerprint density at radius 2 is 2.11 bits per heavy atom. The molecule has 28 heavy (non-hydrogen) atoms. The highest BCUT2D eigenvalue weighted by Crippen LogP contribution is 2.42. The lowest BCUT2D eigenvalue weighted by atomic mass is 10.0. The molecule has 2 aromatic heterocycles. The maximum atomic E-state index is 12.4. The maximum Gasteiger partial charge on any atom is 0.275 e. The fraction of sp³-hybridized carbons (Fsp3) is 0.450. The molecular weight excluding hydrogens is 376 g/mol. The van der Waals surface area contributed by atoms with Crippen LogP contribution in [0.15, 0.2) is 29.1 Å². The standard InChI is InChI=1S/C20H24N4O3S/c1-4-6-13-11-18(25)24-19(21-13)28-20(22-24)23-10-5-7-16(23)15-9-8-14(26-2)12-17(15)27-3/h8-9,11-12,16H,4-7,10H2,1-3H3. The molecule has 0 saturated carbocycles. The van der Waals surface area contributed by atoms with Crippen molar-refractivity contribution in [2.24, 2.45) is 0 Å². The van der Waals surface area contributed by atoms with E-state index in [4.69, 9.17) is 9.47 Å². The van der Waals surface area contributed by atoms with Gasteiger partial charge in [-0.2, -0.15) is 4.52 Å². The van der Waals surface area contributed by atoms with Gasteiger partial charge < -0.3 is 14.4 Å². The van der Waals surface area contributed by atoms with Crippen molar-refractivity contribution in [2.75, 3.05) is 25.7 Å². The highest BCUT2D eigenvalue weighted by atomic mass is 32.1. The number of aryl methyl sites for hydroxylation is 1. The first kappa shape index (κ1) is 18.7. The molecular formula is C20H24N4O3S. The summed E-state index contributed by atoms with van der Waals surface area (Å²) in [5.41, 5.74) is 1.82. The van der Waals surface area contributed by atoms with Crippen LogP contribution in [0.5, 0.6) is 11.5 Å². The second kappa shape index (κ2) is 7.79. The molecule has 0 radical (unpaired) electrons. The van der Waals surface area contributed by atoms with E-state index in [2.05, 4.69) is 28.0 Å². The maximum absolute atomic E-state index is 12.4. The smallest absolute Gasteiger partial charge is 0.275 e. The van der Waals surface area contributed by atoms with Gasteiger partial charge >= 0.3 is 0 Å². The molecule has 0 aliphatic carbocycles. The van der Waals surface area contributed by atoms with E-state index >= 15 is 0 Å². The van der Waals surface area contributed by atoms with E-state index < -0.39 is 0 Å². The van der Waals surface area contributed by atoms with Crippen molar-refractivity contribution in [3.8, 4) is 11.5 Å². The fourth-order valence-corrected chi connectivity index (χ4v) is 4.76. The van der Waals surface area contributed by atoms with Crippen LogP contribution in [0.25, 0.3) is 4.96 Å². The number of rotatable bonds is 6. The molecule has 0 amide bonds. The molecule has 8 heteroatoms. The van der Waals surface area contributed by atoms with Crippen molar-refractivity contribution in [1.82, 2.24) is 14.6 Å². The highest BCUT2D eigenvalue weighted by Gasteiger charge is 2.31. The molecule has 4 rings (SSSR count). The largest absolute Gasteiger partial charge is 0.497 e. The summed E-state index contributed by atoms with van der Waals surface area (Å²) in [5, 5.41) is 5.40. The Bertz CT molecular complexity index is 1050. The first-order valence-electron chi connectivity index (χ1n) is 9.53. The average molecular weight is 401 g/mol. The number of hydrogen-bond donors (Lipinski definition) is 0. The van der Waals surface area contributed by atoms with Crippen LogP contribution in [0.4, 0.5) is 5.13 Å². The topological polar surface area (TPSA) is 69.0 Å². The number of fused-ring (bicyclic) bond motifs is 1. The Kier molecular flexibility index (Phi) is 5.21. The number of nitrogens with zero attached hydrogens (tertiary/aromatic N) is 4. The SMILES string of the molecule is CCCc1cc(=O)n2nc(N3CCCC3c3ccc(OC)cc3OC)sc2n1. The van der Waals surface area contributed by atoms with Gasteiger partial charge in [-0.1, -0.05) is 24.7 Å². The Balaban J connectivity index is 1.72. The van der Waals surface area contributed by atoms with Crippen LogP contribution in [0.3, 0.4) is 0 Å². The molecule has 1 unspecified atom stereocenters. The van der Waals surface area contributed by atoms with Crippen molar-refractivity contribution in [1.29, 1.82) is 0 Å². The predicted octanol–water partition coefficient (Wildman–Crippen LogP) is 3.46. The molecule has 1 aliphatic rings. The van der Waals surface area contributed by atoms with Gasteiger partial charge in [0.1, 0.15) is 11.5 Å². The van der Waals surface area contributed by atoms with Gasteiger partial charge in [0, 0.05) is 29.9 Å². The minimum absolute atomic E-state index is 0.117. The van der Waals surface area contributed by atoms with Gasteiger partial charge in [0.05, 0.1) is 20.3 Å². The molecule has 1 atom stereocenters. The molecule has 0 N–H and O–H groups in total. The van der Waals surface area contributed by atoms with Crippen LogP contribution in [0.1, 0.15) is 43.5 Å². The van der Waals surface area contributed by atoms with Crippen molar-refractivity contribution in [3.63, 3.8) is 0 Å². The quantitative estimate of drug-likeness (QED) is 0.631. The molecule has 7 nitrogen and oxygen atoms in total. The molecule has 0 spiro atoms. The van der Waals surface area contributed by atoms with Gasteiger partial charge in [-0.25, -0.2) is 4.98 Å². The first-order valence-corrected chi connectivity index (χ1v) is 10.3. The summed E-state index contributed by atoms with van der Waals surface area (Å²) in [6.07, 6.45) is 3.81.